The topological polar surface area (TPSA) is 128 Å². The molecular formula is C29H36N4O6. The quantitative estimate of drug-likeness (QED) is 0.538. The molecule has 2 aromatic carbocycles. The number of rotatable bonds is 4. The summed E-state index contributed by atoms with van der Waals surface area (Å²) in [4.78, 5) is 56.9. The van der Waals surface area contributed by atoms with Crippen LogP contribution in [0.4, 0.5) is 0 Å². The first kappa shape index (κ1) is 28.1. The molecule has 208 valence electrons. The van der Waals surface area contributed by atoms with Crippen molar-refractivity contribution in [3.63, 3.8) is 0 Å². The Morgan fingerprint density at radius 3 is 2.38 bits per heavy atom. The summed E-state index contributed by atoms with van der Waals surface area (Å²) in [5, 5.41) is 15.4. The number of hydrogen-bond acceptors (Lipinski definition) is 6. The van der Waals surface area contributed by atoms with E-state index in [1.807, 2.05) is 37.3 Å². The molecule has 4 rings (SSSR count). The maximum absolute atomic E-state index is 13.6. The van der Waals surface area contributed by atoms with Crippen LogP contribution < -0.4 is 15.4 Å². The van der Waals surface area contributed by atoms with Gasteiger partial charge in [-0.05, 0) is 37.5 Å². The van der Waals surface area contributed by atoms with Crippen LogP contribution in [-0.2, 0) is 20.8 Å². The highest BCUT2D eigenvalue weighted by Crippen LogP contribution is 2.20. The van der Waals surface area contributed by atoms with E-state index >= 15 is 0 Å². The number of hydrogen-bond donors (Lipinski definition) is 3. The van der Waals surface area contributed by atoms with E-state index in [9.17, 15) is 24.3 Å². The van der Waals surface area contributed by atoms with Crippen molar-refractivity contribution < 1.29 is 29.0 Å². The van der Waals surface area contributed by atoms with Crippen molar-refractivity contribution in [3.8, 4) is 5.75 Å². The number of fused-ring (bicyclic) bond motifs is 1. The van der Waals surface area contributed by atoms with Crippen LogP contribution in [0.3, 0.4) is 0 Å². The van der Waals surface area contributed by atoms with Crippen LogP contribution in [0.2, 0.25) is 0 Å². The first-order chi connectivity index (χ1) is 18.9. The summed E-state index contributed by atoms with van der Waals surface area (Å²) in [7, 11) is 0. The molecule has 0 saturated carbocycles. The standard InChI is InChI=1S/C29H36N4O6/c1-2-32-16-17-39-25-11-7-6-10-22(25)27(36)31-24(29(38)33-14-12-21(34)13-15-33)19-26(35)30-23(28(32)37)18-20-8-4-3-5-9-20/h3-11,21,23-24,34H,2,12-19H2,1H3,(H,30,35)(H,31,36)/t23-,24+/m1/s1. The molecule has 2 aliphatic rings. The van der Waals surface area contributed by atoms with Gasteiger partial charge in [-0.25, -0.2) is 0 Å². The Labute approximate surface area is 228 Å². The first-order valence-electron chi connectivity index (χ1n) is 13.5. The lowest BCUT2D eigenvalue weighted by Gasteiger charge is -2.33. The second-order valence-electron chi connectivity index (χ2n) is 9.86. The summed E-state index contributed by atoms with van der Waals surface area (Å²) in [6.07, 6.45) is 0.315. The van der Waals surface area contributed by atoms with Gasteiger partial charge in [-0.15, -0.1) is 0 Å². The van der Waals surface area contributed by atoms with E-state index in [4.69, 9.17) is 4.74 Å². The van der Waals surface area contributed by atoms with Gasteiger partial charge in [0.15, 0.2) is 0 Å². The Kier molecular flexibility index (Phi) is 9.54. The maximum atomic E-state index is 13.6. The van der Waals surface area contributed by atoms with Gasteiger partial charge in [0.2, 0.25) is 17.7 Å². The number of para-hydroxylation sites is 1. The molecule has 2 atom stereocenters. The van der Waals surface area contributed by atoms with Crippen LogP contribution >= 0.6 is 0 Å². The Hall–Kier alpha value is -3.92. The number of likely N-dealkylation sites (N-methyl/N-ethyl adjacent to an activating group) is 1. The number of amides is 4. The van der Waals surface area contributed by atoms with Crippen LogP contribution in [0, 0.1) is 0 Å². The molecule has 2 aromatic rings. The van der Waals surface area contributed by atoms with Gasteiger partial charge in [-0.1, -0.05) is 42.5 Å². The minimum absolute atomic E-state index is 0.147. The average Bonchev–Trinajstić information content (AvgIpc) is 2.94. The number of piperidine rings is 1. The monoisotopic (exact) mass is 536 g/mol. The lowest BCUT2D eigenvalue weighted by Crippen LogP contribution is -2.55. The Morgan fingerprint density at radius 2 is 1.67 bits per heavy atom. The highest BCUT2D eigenvalue weighted by atomic mass is 16.5. The summed E-state index contributed by atoms with van der Waals surface area (Å²) >= 11 is 0. The first-order valence-corrected chi connectivity index (χ1v) is 13.5. The summed E-state index contributed by atoms with van der Waals surface area (Å²) in [6.45, 7) is 3.34. The van der Waals surface area contributed by atoms with Gasteiger partial charge in [0.1, 0.15) is 24.4 Å². The summed E-state index contributed by atoms with van der Waals surface area (Å²) < 4.78 is 5.92. The molecule has 10 nitrogen and oxygen atoms in total. The van der Waals surface area contributed by atoms with E-state index in [0.717, 1.165) is 5.56 Å². The fourth-order valence-corrected chi connectivity index (χ4v) is 4.92. The molecule has 0 radical (unpaired) electrons. The molecule has 2 aliphatic heterocycles. The second-order valence-corrected chi connectivity index (χ2v) is 9.86. The van der Waals surface area contributed by atoms with E-state index in [2.05, 4.69) is 10.6 Å². The van der Waals surface area contributed by atoms with E-state index in [-0.39, 0.29) is 37.5 Å². The van der Waals surface area contributed by atoms with Crippen LogP contribution in [0.25, 0.3) is 0 Å². The predicted molar refractivity (Wildman–Crippen MR) is 144 cm³/mol. The van der Waals surface area contributed by atoms with Crippen molar-refractivity contribution >= 4 is 23.6 Å². The van der Waals surface area contributed by atoms with Crippen molar-refractivity contribution in [3.05, 3.63) is 65.7 Å². The molecule has 10 heteroatoms. The minimum atomic E-state index is -1.15. The smallest absolute Gasteiger partial charge is 0.255 e. The van der Waals surface area contributed by atoms with E-state index in [1.54, 1.807) is 34.1 Å². The number of likely N-dealkylation sites (tertiary alicyclic amines) is 1. The molecule has 0 bridgehead atoms. The van der Waals surface area contributed by atoms with Crippen molar-refractivity contribution in [2.24, 2.45) is 0 Å². The van der Waals surface area contributed by atoms with Crippen LogP contribution in [0.5, 0.6) is 5.75 Å². The Balaban J connectivity index is 1.64. The number of nitrogens with zero attached hydrogens (tertiary/aromatic N) is 2. The lowest BCUT2D eigenvalue weighted by atomic mass is 10.0. The molecule has 0 spiro atoms. The zero-order valence-corrected chi connectivity index (χ0v) is 22.2. The van der Waals surface area contributed by atoms with Gasteiger partial charge in [-0.3, -0.25) is 19.2 Å². The number of nitrogens with one attached hydrogen (secondary N) is 2. The molecule has 0 aromatic heterocycles. The Bertz CT molecular complexity index is 1170. The van der Waals surface area contributed by atoms with Crippen molar-refractivity contribution in [2.75, 3.05) is 32.8 Å². The number of carbonyl (C=O) groups is 4. The normalized spacial score (nSPS) is 21.7. The third-order valence-electron chi connectivity index (χ3n) is 7.13. The van der Waals surface area contributed by atoms with Gasteiger partial charge in [-0.2, -0.15) is 0 Å². The number of ether oxygens (including phenoxy) is 1. The molecular weight excluding hydrogens is 500 g/mol. The number of benzene rings is 2. The molecule has 1 fully saturated rings. The summed E-state index contributed by atoms with van der Waals surface area (Å²) in [5.41, 5.74) is 1.12. The highest BCUT2D eigenvalue weighted by Gasteiger charge is 2.33. The number of carbonyl (C=O) groups excluding carboxylic acids is 4. The second kappa shape index (κ2) is 13.2. The average molecular weight is 537 g/mol. The zero-order chi connectivity index (χ0) is 27.8. The molecule has 0 aliphatic carbocycles. The Morgan fingerprint density at radius 1 is 0.974 bits per heavy atom. The van der Waals surface area contributed by atoms with E-state index < -0.39 is 35.9 Å². The molecule has 39 heavy (non-hydrogen) atoms. The van der Waals surface area contributed by atoms with Crippen LogP contribution in [-0.4, -0.2) is 89.5 Å². The highest BCUT2D eigenvalue weighted by molar-refractivity contribution is 6.01. The van der Waals surface area contributed by atoms with Gasteiger partial charge < -0.3 is 30.3 Å². The molecule has 3 N–H and O–H groups in total. The maximum Gasteiger partial charge on any atom is 0.255 e. The summed E-state index contributed by atoms with van der Waals surface area (Å²) in [5.74, 6) is -1.38. The van der Waals surface area contributed by atoms with Gasteiger partial charge in [0, 0.05) is 26.1 Å². The molecule has 4 amide bonds. The van der Waals surface area contributed by atoms with Crippen molar-refractivity contribution in [2.45, 2.75) is 50.8 Å². The van der Waals surface area contributed by atoms with Crippen LogP contribution in [0.1, 0.15) is 42.1 Å². The van der Waals surface area contributed by atoms with Gasteiger partial charge in [0.25, 0.3) is 5.91 Å². The van der Waals surface area contributed by atoms with Crippen LogP contribution in [0.15, 0.2) is 54.6 Å². The number of aliphatic hydroxyl groups excluding tert-OH is 1. The van der Waals surface area contributed by atoms with Crippen molar-refractivity contribution in [1.82, 2.24) is 20.4 Å². The van der Waals surface area contributed by atoms with Gasteiger partial charge in [0.05, 0.1) is 24.6 Å². The molecule has 2 heterocycles. The minimum Gasteiger partial charge on any atom is -0.491 e. The number of aliphatic hydroxyl groups is 1. The molecule has 0 unspecified atom stereocenters. The fraction of sp³-hybridized carbons (Fsp3) is 0.448. The third-order valence-corrected chi connectivity index (χ3v) is 7.13. The van der Waals surface area contributed by atoms with E-state index in [0.29, 0.717) is 38.2 Å². The van der Waals surface area contributed by atoms with E-state index in [1.165, 1.54) is 0 Å². The fourth-order valence-electron chi connectivity index (χ4n) is 4.92. The lowest BCUT2D eigenvalue weighted by molar-refractivity contribution is -0.139. The molecule has 1 saturated heterocycles. The summed E-state index contributed by atoms with van der Waals surface area (Å²) in [6, 6.07) is 14.1. The predicted octanol–water partition coefficient (Wildman–Crippen LogP) is 1.13. The largest absolute Gasteiger partial charge is 0.491 e. The zero-order valence-electron chi connectivity index (χ0n) is 22.2. The van der Waals surface area contributed by atoms with Gasteiger partial charge >= 0.3 is 0 Å². The van der Waals surface area contributed by atoms with Crippen molar-refractivity contribution in [1.29, 1.82) is 0 Å². The third kappa shape index (κ3) is 7.35. The SMILES string of the molecule is CCN1CCOc2ccccc2C(=O)N[C@H](C(=O)N2CCC(O)CC2)CC(=O)N[C@H](Cc2ccccc2)C1=O.